The Morgan fingerprint density at radius 1 is 1.53 bits per heavy atom. The number of hydrogen-bond acceptors (Lipinski definition) is 4. The van der Waals surface area contributed by atoms with Crippen LogP contribution in [0, 0.1) is 0 Å². The lowest BCUT2D eigenvalue weighted by Crippen LogP contribution is -2.22. The molecule has 0 saturated carbocycles. The van der Waals surface area contributed by atoms with E-state index < -0.39 is 0 Å². The summed E-state index contributed by atoms with van der Waals surface area (Å²) in [7, 11) is 6.19. The molecule has 0 aliphatic carbocycles. The number of thiazole rings is 1. The average Bonchev–Trinajstić information content (AvgIpc) is 2.62. The zero-order chi connectivity index (χ0) is 11.3. The highest BCUT2D eigenvalue weighted by Gasteiger charge is 2.05. The van der Waals surface area contributed by atoms with Crippen molar-refractivity contribution in [2.24, 2.45) is 0 Å². The van der Waals surface area contributed by atoms with Crippen LogP contribution in [-0.2, 0) is 12.8 Å². The first-order chi connectivity index (χ1) is 7.11. The zero-order valence-electron chi connectivity index (χ0n) is 10.1. The van der Waals surface area contributed by atoms with E-state index in [4.69, 9.17) is 0 Å². The van der Waals surface area contributed by atoms with Crippen LogP contribution in [0.2, 0.25) is 0 Å². The van der Waals surface area contributed by atoms with E-state index in [0.717, 1.165) is 19.4 Å². The molecule has 0 fully saturated rings. The second-order valence-corrected chi connectivity index (χ2v) is 5.37. The lowest BCUT2D eigenvalue weighted by molar-refractivity contribution is 0.413. The van der Waals surface area contributed by atoms with Gasteiger partial charge in [-0.2, -0.15) is 0 Å². The third kappa shape index (κ3) is 4.73. The van der Waals surface area contributed by atoms with E-state index in [-0.39, 0.29) is 0 Å². The first-order valence-corrected chi connectivity index (χ1v) is 6.19. The van der Waals surface area contributed by atoms with Crippen molar-refractivity contribution in [3.63, 3.8) is 0 Å². The van der Waals surface area contributed by atoms with Crippen LogP contribution in [0.4, 0.5) is 0 Å². The molecule has 1 aromatic rings. The van der Waals surface area contributed by atoms with E-state index in [1.54, 1.807) is 0 Å². The van der Waals surface area contributed by atoms with Crippen molar-refractivity contribution in [2.45, 2.75) is 25.8 Å². The van der Waals surface area contributed by atoms with E-state index in [0.29, 0.717) is 6.04 Å². The van der Waals surface area contributed by atoms with Crippen LogP contribution in [0.3, 0.4) is 0 Å². The van der Waals surface area contributed by atoms with Crippen molar-refractivity contribution < 1.29 is 0 Å². The molecule has 0 radical (unpaired) electrons. The lowest BCUT2D eigenvalue weighted by Gasteiger charge is -2.07. The fraction of sp³-hybridized carbons (Fsp3) is 0.727. The topological polar surface area (TPSA) is 28.2 Å². The Labute approximate surface area is 96.5 Å². The molecule has 0 aliphatic rings. The van der Waals surface area contributed by atoms with E-state index in [2.05, 4.69) is 36.2 Å². The van der Waals surface area contributed by atoms with Crippen molar-refractivity contribution in [2.75, 3.05) is 27.7 Å². The van der Waals surface area contributed by atoms with Crippen LogP contribution in [0.25, 0.3) is 0 Å². The Morgan fingerprint density at radius 3 is 2.87 bits per heavy atom. The van der Waals surface area contributed by atoms with Gasteiger partial charge in [-0.25, -0.2) is 4.98 Å². The fourth-order valence-electron chi connectivity index (χ4n) is 1.28. The second-order valence-electron chi connectivity index (χ2n) is 4.17. The summed E-state index contributed by atoms with van der Waals surface area (Å²) in [6.07, 6.45) is 4.16. The van der Waals surface area contributed by atoms with E-state index in [9.17, 15) is 0 Å². The van der Waals surface area contributed by atoms with Gasteiger partial charge in [-0.3, -0.25) is 0 Å². The van der Waals surface area contributed by atoms with Gasteiger partial charge < -0.3 is 10.2 Å². The van der Waals surface area contributed by atoms with Crippen LogP contribution in [0.5, 0.6) is 0 Å². The first kappa shape index (κ1) is 12.6. The summed E-state index contributed by atoms with van der Waals surface area (Å²) >= 11 is 1.84. The van der Waals surface area contributed by atoms with Crippen molar-refractivity contribution in [3.8, 4) is 0 Å². The molecule has 0 bridgehead atoms. The zero-order valence-corrected chi connectivity index (χ0v) is 10.9. The Balaban J connectivity index is 2.42. The predicted octanol–water partition coefficient (Wildman–Crippen LogP) is 1.40. The molecule has 1 rings (SSSR count). The molecule has 3 nitrogen and oxygen atoms in total. The van der Waals surface area contributed by atoms with Gasteiger partial charge in [-0.1, -0.05) is 0 Å². The van der Waals surface area contributed by atoms with Gasteiger partial charge in [-0.05, 0) is 34.5 Å². The molecule has 1 aromatic heterocycles. The Kier molecular flexibility index (Phi) is 5.22. The molecule has 1 atom stereocenters. The third-order valence-electron chi connectivity index (χ3n) is 2.37. The molecule has 0 aromatic carbocycles. The fourth-order valence-corrected chi connectivity index (χ4v) is 2.32. The summed E-state index contributed by atoms with van der Waals surface area (Å²) in [5.41, 5.74) is 0. The van der Waals surface area contributed by atoms with Gasteiger partial charge in [0.15, 0.2) is 0 Å². The van der Waals surface area contributed by atoms with Crippen molar-refractivity contribution in [1.82, 2.24) is 15.2 Å². The summed E-state index contributed by atoms with van der Waals surface area (Å²) in [5.74, 6) is 0. The van der Waals surface area contributed by atoms with Crippen LogP contribution >= 0.6 is 11.3 Å². The second kappa shape index (κ2) is 6.20. The summed E-state index contributed by atoms with van der Waals surface area (Å²) in [6, 6.07) is 0.534. The maximum atomic E-state index is 4.44. The van der Waals surface area contributed by atoms with E-state index >= 15 is 0 Å². The number of rotatable bonds is 6. The average molecular weight is 227 g/mol. The molecule has 86 valence electrons. The molecule has 1 heterocycles. The molecule has 0 amide bonds. The summed E-state index contributed by atoms with van der Waals surface area (Å²) in [5, 5.41) is 4.50. The third-order valence-corrected chi connectivity index (χ3v) is 3.45. The molecule has 0 spiro atoms. The maximum Gasteiger partial charge on any atom is 0.0940 e. The molecule has 4 heteroatoms. The van der Waals surface area contributed by atoms with Crippen LogP contribution in [0.15, 0.2) is 6.20 Å². The number of nitrogens with one attached hydrogen (secondary N) is 1. The lowest BCUT2D eigenvalue weighted by atomic mass is 10.2. The largest absolute Gasteiger partial charge is 0.317 e. The van der Waals surface area contributed by atoms with Gasteiger partial charge in [0.25, 0.3) is 0 Å². The van der Waals surface area contributed by atoms with Gasteiger partial charge in [0.1, 0.15) is 0 Å². The van der Waals surface area contributed by atoms with E-state index in [1.165, 1.54) is 9.88 Å². The van der Waals surface area contributed by atoms with Crippen molar-refractivity contribution in [1.29, 1.82) is 0 Å². The Bertz CT molecular complexity index is 283. The highest BCUT2D eigenvalue weighted by molar-refractivity contribution is 7.11. The van der Waals surface area contributed by atoms with Gasteiger partial charge in [0, 0.05) is 30.1 Å². The quantitative estimate of drug-likeness (QED) is 0.796. The molecule has 1 N–H and O–H groups in total. The molecule has 0 saturated heterocycles. The first-order valence-electron chi connectivity index (χ1n) is 5.37. The van der Waals surface area contributed by atoms with Crippen LogP contribution in [-0.4, -0.2) is 43.6 Å². The smallest absolute Gasteiger partial charge is 0.0940 e. The number of hydrogen-bond donors (Lipinski definition) is 1. The summed E-state index contributed by atoms with van der Waals surface area (Å²) < 4.78 is 0. The monoisotopic (exact) mass is 227 g/mol. The standard InChI is InChI=1S/C11H21N3S/c1-9(12-2)7-10-8-13-11(15-10)5-6-14(3)4/h8-9,12H,5-7H2,1-4H3. The Hall–Kier alpha value is -0.450. The molecular weight excluding hydrogens is 206 g/mol. The van der Waals surface area contributed by atoms with Gasteiger partial charge in [-0.15, -0.1) is 11.3 Å². The normalized spacial score (nSPS) is 13.4. The van der Waals surface area contributed by atoms with Gasteiger partial charge >= 0.3 is 0 Å². The number of likely N-dealkylation sites (N-methyl/N-ethyl adjacent to an activating group) is 2. The minimum absolute atomic E-state index is 0.534. The predicted molar refractivity (Wildman–Crippen MR) is 66.6 cm³/mol. The minimum Gasteiger partial charge on any atom is -0.317 e. The number of nitrogens with zero attached hydrogens (tertiary/aromatic N) is 2. The maximum absolute atomic E-state index is 4.44. The highest BCUT2D eigenvalue weighted by atomic mass is 32.1. The van der Waals surface area contributed by atoms with Crippen molar-refractivity contribution in [3.05, 3.63) is 16.1 Å². The van der Waals surface area contributed by atoms with Crippen LogP contribution in [0.1, 0.15) is 16.8 Å². The SMILES string of the molecule is CNC(C)Cc1cnc(CCN(C)C)s1. The molecule has 15 heavy (non-hydrogen) atoms. The minimum atomic E-state index is 0.534. The van der Waals surface area contributed by atoms with Crippen molar-refractivity contribution >= 4 is 11.3 Å². The molecule has 0 aliphatic heterocycles. The molecular formula is C11H21N3S. The summed E-state index contributed by atoms with van der Waals surface area (Å²) in [6.45, 7) is 3.27. The van der Waals surface area contributed by atoms with Crippen LogP contribution < -0.4 is 5.32 Å². The Morgan fingerprint density at radius 2 is 2.27 bits per heavy atom. The molecule has 1 unspecified atom stereocenters. The van der Waals surface area contributed by atoms with E-state index in [1.807, 2.05) is 24.6 Å². The number of aromatic nitrogens is 1. The van der Waals surface area contributed by atoms with Gasteiger partial charge in [0.05, 0.1) is 5.01 Å². The highest BCUT2D eigenvalue weighted by Crippen LogP contribution is 2.15. The van der Waals surface area contributed by atoms with Gasteiger partial charge in [0.2, 0.25) is 0 Å². The summed E-state index contributed by atoms with van der Waals surface area (Å²) in [4.78, 5) is 8.01.